The van der Waals surface area contributed by atoms with Gasteiger partial charge in [0.05, 0.1) is 13.5 Å². The number of carbonyl (C=O) groups is 2. The summed E-state index contributed by atoms with van der Waals surface area (Å²) in [6, 6.07) is 11.7. The highest BCUT2D eigenvalue weighted by Gasteiger charge is 2.65. The lowest BCUT2D eigenvalue weighted by molar-refractivity contribution is -0.154. The molecule has 2 bridgehead atoms. The van der Waals surface area contributed by atoms with Gasteiger partial charge in [0, 0.05) is 35.4 Å². The van der Waals surface area contributed by atoms with Crippen LogP contribution in [0.5, 0.6) is 17.2 Å². The maximum atomic E-state index is 13.1. The van der Waals surface area contributed by atoms with E-state index in [1.54, 1.807) is 7.11 Å². The van der Waals surface area contributed by atoms with Gasteiger partial charge in [-0.1, -0.05) is 30.3 Å². The van der Waals surface area contributed by atoms with E-state index in [4.69, 9.17) is 18.9 Å². The zero-order chi connectivity index (χ0) is 24.3. The Morgan fingerprint density at radius 2 is 1.97 bits per heavy atom. The standard InChI is InChI=1S/C28H29NO6/c1-16(30)33-22-10-8-18-14-20-19-9-11-23(34-24(31)15-17-6-4-5-7-21(17)32-3)27-28(19,12-13-29(20)2)25(18)26(22)35-27/h4-11,19-20,23,27H,12-15H2,1-3H3/t19-,20+,23-,27-,28-/m0/s1. The highest BCUT2D eigenvalue weighted by atomic mass is 16.6. The summed E-state index contributed by atoms with van der Waals surface area (Å²) in [7, 11) is 3.77. The molecular weight excluding hydrogens is 446 g/mol. The second kappa shape index (κ2) is 8.12. The van der Waals surface area contributed by atoms with Crippen LogP contribution in [0.25, 0.3) is 0 Å². The van der Waals surface area contributed by atoms with Gasteiger partial charge in [-0.2, -0.15) is 0 Å². The molecule has 2 aromatic rings. The number of nitrogens with zero attached hydrogens (tertiary/aromatic N) is 1. The maximum Gasteiger partial charge on any atom is 0.311 e. The van der Waals surface area contributed by atoms with Gasteiger partial charge in [0.15, 0.2) is 17.6 Å². The average Bonchev–Trinajstić information content (AvgIpc) is 3.19. The second-order valence-electron chi connectivity index (χ2n) is 9.96. The second-order valence-corrected chi connectivity index (χ2v) is 9.96. The van der Waals surface area contributed by atoms with Crippen molar-refractivity contribution in [1.82, 2.24) is 4.90 Å². The normalized spacial score (nSPS) is 29.7. The molecule has 0 unspecified atom stereocenters. The lowest BCUT2D eigenvalue weighted by atomic mass is 9.53. The zero-order valence-electron chi connectivity index (χ0n) is 20.2. The molecule has 0 N–H and O–H groups in total. The third-order valence-corrected chi connectivity index (χ3v) is 8.16. The Morgan fingerprint density at radius 1 is 1.14 bits per heavy atom. The molecule has 4 aliphatic rings. The van der Waals surface area contributed by atoms with Crippen LogP contribution in [0, 0.1) is 5.92 Å². The van der Waals surface area contributed by atoms with Crippen LogP contribution in [0.15, 0.2) is 48.6 Å². The predicted molar refractivity (Wildman–Crippen MR) is 128 cm³/mol. The van der Waals surface area contributed by atoms with Gasteiger partial charge in [-0.3, -0.25) is 9.59 Å². The van der Waals surface area contributed by atoms with E-state index in [0.717, 1.165) is 30.5 Å². The van der Waals surface area contributed by atoms with Crippen LogP contribution in [0.3, 0.4) is 0 Å². The van der Waals surface area contributed by atoms with Crippen molar-refractivity contribution in [2.75, 3.05) is 20.7 Å². The number of piperidine rings is 1. The molecular formula is C28H29NO6. The van der Waals surface area contributed by atoms with Crippen molar-refractivity contribution in [3.8, 4) is 17.2 Å². The molecule has 1 saturated heterocycles. The van der Waals surface area contributed by atoms with Crippen molar-refractivity contribution in [3.63, 3.8) is 0 Å². The fourth-order valence-electron chi connectivity index (χ4n) is 6.74. The monoisotopic (exact) mass is 475 g/mol. The molecule has 0 aromatic heterocycles. The summed E-state index contributed by atoms with van der Waals surface area (Å²) in [5.41, 5.74) is 2.81. The number of likely N-dealkylation sites (N-methyl/N-ethyl adjacent to an activating group) is 1. The molecule has 0 saturated carbocycles. The minimum absolute atomic E-state index is 0.111. The lowest BCUT2D eigenvalue weighted by Gasteiger charge is -2.56. The molecule has 1 spiro atoms. The van der Waals surface area contributed by atoms with Gasteiger partial charge < -0.3 is 23.8 Å². The molecule has 7 heteroatoms. The summed E-state index contributed by atoms with van der Waals surface area (Å²) < 4.78 is 23.6. The Bertz CT molecular complexity index is 1240. The number of methoxy groups -OCH3 is 1. The predicted octanol–water partition coefficient (Wildman–Crippen LogP) is 3.22. The van der Waals surface area contributed by atoms with E-state index >= 15 is 0 Å². The van der Waals surface area contributed by atoms with Gasteiger partial charge in [0.25, 0.3) is 0 Å². The Hall–Kier alpha value is -3.32. The van der Waals surface area contributed by atoms with Gasteiger partial charge in [-0.15, -0.1) is 0 Å². The number of hydrogen-bond acceptors (Lipinski definition) is 7. The first-order valence-corrected chi connectivity index (χ1v) is 12.1. The van der Waals surface area contributed by atoms with Crippen molar-refractivity contribution in [2.45, 2.75) is 49.9 Å². The number of likely N-dealkylation sites (tertiary alicyclic amines) is 1. The van der Waals surface area contributed by atoms with Crippen LogP contribution < -0.4 is 14.2 Å². The van der Waals surface area contributed by atoms with Crippen LogP contribution in [0.4, 0.5) is 0 Å². The van der Waals surface area contributed by atoms with E-state index in [1.165, 1.54) is 12.5 Å². The summed E-state index contributed by atoms with van der Waals surface area (Å²) >= 11 is 0. The van der Waals surface area contributed by atoms with Crippen LogP contribution in [-0.2, 0) is 32.6 Å². The molecule has 1 fully saturated rings. The zero-order valence-corrected chi connectivity index (χ0v) is 20.2. The summed E-state index contributed by atoms with van der Waals surface area (Å²) in [5.74, 6) is 1.24. The molecule has 2 aromatic carbocycles. The van der Waals surface area contributed by atoms with Gasteiger partial charge in [0.2, 0.25) is 0 Å². The van der Waals surface area contributed by atoms with Crippen LogP contribution in [0.2, 0.25) is 0 Å². The topological polar surface area (TPSA) is 74.3 Å². The van der Waals surface area contributed by atoms with Crippen molar-refractivity contribution in [3.05, 3.63) is 65.2 Å². The Morgan fingerprint density at radius 3 is 2.77 bits per heavy atom. The molecule has 6 rings (SSSR count). The number of esters is 2. The summed E-state index contributed by atoms with van der Waals surface area (Å²) in [4.78, 5) is 27.3. The number of para-hydroxylation sites is 1. The first-order valence-electron chi connectivity index (χ1n) is 12.1. The van der Waals surface area contributed by atoms with E-state index in [2.05, 4.69) is 24.1 Å². The van der Waals surface area contributed by atoms with Crippen molar-refractivity contribution < 1.29 is 28.5 Å². The fraction of sp³-hybridized carbons (Fsp3) is 0.429. The largest absolute Gasteiger partial charge is 0.496 e. The Labute approximate surface area is 204 Å². The molecule has 2 heterocycles. The quantitative estimate of drug-likeness (QED) is 0.373. The minimum atomic E-state index is -0.541. The highest BCUT2D eigenvalue weighted by molar-refractivity contribution is 5.75. The molecule has 7 nitrogen and oxygen atoms in total. The summed E-state index contributed by atoms with van der Waals surface area (Å²) in [6.07, 6.45) is 5.19. The van der Waals surface area contributed by atoms with Crippen LogP contribution >= 0.6 is 0 Å². The van der Waals surface area contributed by atoms with Gasteiger partial charge >= 0.3 is 11.9 Å². The van der Waals surface area contributed by atoms with Crippen molar-refractivity contribution in [1.29, 1.82) is 0 Å². The highest BCUT2D eigenvalue weighted by Crippen LogP contribution is 2.62. The van der Waals surface area contributed by atoms with Gasteiger partial charge in [-0.25, -0.2) is 0 Å². The number of hydrogen-bond donors (Lipinski definition) is 0. The summed E-state index contributed by atoms with van der Waals surface area (Å²) in [5, 5.41) is 0. The van der Waals surface area contributed by atoms with E-state index < -0.39 is 6.10 Å². The van der Waals surface area contributed by atoms with E-state index in [-0.39, 0.29) is 35.8 Å². The van der Waals surface area contributed by atoms with Crippen LogP contribution in [-0.4, -0.2) is 55.8 Å². The van der Waals surface area contributed by atoms with Gasteiger partial charge in [-0.05, 0) is 50.2 Å². The number of benzene rings is 2. The molecule has 35 heavy (non-hydrogen) atoms. The summed E-state index contributed by atoms with van der Waals surface area (Å²) in [6.45, 7) is 2.32. The smallest absolute Gasteiger partial charge is 0.311 e. The van der Waals surface area contributed by atoms with E-state index in [0.29, 0.717) is 23.3 Å². The minimum Gasteiger partial charge on any atom is -0.496 e. The first kappa shape index (κ1) is 22.2. The van der Waals surface area contributed by atoms with Gasteiger partial charge in [0.1, 0.15) is 11.9 Å². The fourth-order valence-corrected chi connectivity index (χ4v) is 6.74. The van der Waals surface area contributed by atoms with Crippen LogP contribution in [0.1, 0.15) is 30.0 Å². The Kier molecular flexibility index (Phi) is 5.14. The molecule has 5 atom stereocenters. The molecule has 2 aliphatic carbocycles. The van der Waals surface area contributed by atoms with Crippen molar-refractivity contribution >= 4 is 11.9 Å². The first-order chi connectivity index (χ1) is 16.9. The van der Waals surface area contributed by atoms with E-state index in [9.17, 15) is 9.59 Å². The molecule has 182 valence electrons. The van der Waals surface area contributed by atoms with E-state index in [1.807, 2.05) is 36.4 Å². The maximum absolute atomic E-state index is 13.1. The number of ether oxygens (including phenoxy) is 4. The van der Waals surface area contributed by atoms with Crippen molar-refractivity contribution in [2.24, 2.45) is 5.92 Å². The third-order valence-electron chi connectivity index (χ3n) is 8.16. The molecule has 0 radical (unpaired) electrons. The third kappa shape index (κ3) is 3.28. The number of carbonyl (C=O) groups excluding carboxylic acids is 2. The SMILES string of the molecule is COc1ccccc1CC(=O)O[C@H]1C=C[C@H]2[C@H]3Cc4ccc(OC(C)=O)c5c4[C@@]2(CCN3C)[C@H]1O5. The Balaban J connectivity index is 1.37. The molecule has 2 aliphatic heterocycles. The number of rotatable bonds is 5. The average molecular weight is 476 g/mol. The lowest BCUT2D eigenvalue weighted by Crippen LogP contribution is -2.65. The molecule has 0 amide bonds.